The zero-order valence-electron chi connectivity index (χ0n) is 20.2. The molecule has 4 aromatic rings. The number of hydrogen-bond acceptors (Lipinski definition) is 7. The van der Waals surface area contributed by atoms with Crippen molar-refractivity contribution >= 4 is 44.0 Å². The Kier molecular flexibility index (Phi) is 8.07. The van der Waals surface area contributed by atoms with Crippen LogP contribution in [0, 0.1) is 13.8 Å². The number of nitrogens with one attached hydrogen (secondary N) is 3. The summed E-state index contributed by atoms with van der Waals surface area (Å²) in [4.78, 5) is 25.5. The number of benzene rings is 3. The van der Waals surface area contributed by atoms with Crippen molar-refractivity contribution in [2.45, 2.75) is 25.2 Å². The molecule has 37 heavy (non-hydrogen) atoms. The van der Waals surface area contributed by atoms with E-state index in [1.807, 2.05) is 19.9 Å². The average molecular weight is 536 g/mol. The summed E-state index contributed by atoms with van der Waals surface area (Å²) in [5, 5.41) is 14.4. The molecule has 2 amide bonds. The van der Waals surface area contributed by atoms with Crippen molar-refractivity contribution in [3.8, 4) is 0 Å². The molecule has 0 aliphatic carbocycles. The van der Waals surface area contributed by atoms with Gasteiger partial charge in [0.05, 0.1) is 4.90 Å². The predicted molar refractivity (Wildman–Crippen MR) is 144 cm³/mol. The van der Waals surface area contributed by atoms with Crippen molar-refractivity contribution in [2.75, 3.05) is 17.2 Å². The first kappa shape index (κ1) is 26.1. The highest BCUT2D eigenvalue weighted by Crippen LogP contribution is 2.21. The monoisotopic (exact) mass is 535 g/mol. The number of rotatable bonds is 9. The molecule has 0 aliphatic heterocycles. The van der Waals surface area contributed by atoms with E-state index >= 15 is 0 Å². The lowest BCUT2D eigenvalue weighted by atomic mass is 10.1. The maximum atomic E-state index is 12.8. The van der Waals surface area contributed by atoms with Crippen molar-refractivity contribution in [2.24, 2.45) is 0 Å². The Labute approximate surface area is 219 Å². The Morgan fingerprint density at radius 3 is 2.27 bits per heavy atom. The van der Waals surface area contributed by atoms with Gasteiger partial charge in [0.15, 0.2) is 0 Å². The van der Waals surface area contributed by atoms with Gasteiger partial charge in [0, 0.05) is 29.8 Å². The van der Waals surface area contributed by atoms with E-state index in [0.29, 0.717) is 28.2 Å². The quantitative estimate of drug-likeness (QED) is 0.295. The van der Waals surface area contributed by atoms with Crippen molar-refractivity contribution in [1.82, 2.24) is 14.9 Å². The summed E-state index contributed by atoms with van der Waals surface area (Å²) < 4.78 is 27.4. The zero-order valence-corrected chi connectivity index (χ0v) is 21.8. The Hall–Kier alpha value is -3.93. The van der Waals surface area contributed by atoms with Crippen LogP contribution >= 0.6 is 11.3 Å². The molecular formula is C26H25N5O4S2. The second-order valence-electron chi connectivity index (χ2n) is 8.27. The van der Waals surface area contributed by atoms with Crippen LogP contribution in [0.2, 0.25) is 0 Å². The number of aryl methyl sites for hydroxylation is 2. The van der Waals surface area contributed by atoms with E-state index in [1.54, 1.807) is 66.7 Å². The molecule has 1 heterocycles. The minimum Gasteiger partial charge on any atom is -0.322 e. The fourth-order valence-electron chi connectivity index (χ4n) is 3.35. The van der Waals surface area contributed by atoms with Gasteiger partial charge in [-0.25, -0.2) is 13.1 Å². The molecule has 3 N–H and O–H groups in total. The lowest BCUT2D eigenvalue weighted by molar-refractivity contribution is 0.101. The number of anilines is 2. The minimum absolute atomic E-state index is 0.140. The van der Waals surface area contributed by atoms with Crippen LogP contribution in [0.25, 0.3) is 0 Å². The molecule has 11 heteroatoms. The molecule has 4 rings (SSSR count). The van der Waals surface area contributed by atoms with Gasteiger partial charge < -0.3 is 5.32 Å². The number of amides is 2. The zero-order chi connectivity index (χ0) is 26.4. The van der Waals surface area contributed by atoms with Crippen LogP contribution in [0.1, 0.15) is 36.9 Å². The summed E-state index contributed by atoms with van der Waals surface area (Å²) in [5.74, 6) is -0.675. The van der Waals surface area contributed by atoms with Gasteiger partial charge in [-0.1, -0.05) is 53.3 Å². The topological polar surface area (TPSA) is 130 Å². The predicted octanol–water partition coefficient (Wildman–Crippen LogP) is 4.18. The largest absolute Gasteiger partial charge is 0.322 e. The molecule has 0 radical (unpaired) electrons. The summed E-state index contributed by atoms with van der Waals surface area (Å²) in [6.45, 7) is 3.87. The van der Waals surface area contributed by atoms with Gasteiger partial charge in [-0.05, 0) is 55.8 Å². The van der Waals surface area contributed by atoms with Crippen LogP contribution in [-0.4, -0.2) is 37.0 Å². The minimum atomic E-state index is -3.62. The van der Waals surface area contributed by atoms with E-state index in [4.69, 9.17) is 0 Å². The fourth-order valence-corrected chi connectivity index (χ4v) is 5.12. The van der Waals surface area contributed by atoms with Gasteiger partial charge in [0.1, 0.15) is 5.01 Å². The molecule has 0 bridgehead atoms. The van der Waals surface area contributed by atoms with Gasteiger partial charge >= 0.3 is 0 Å². The first-order valence-corrected chi connectivity index (χ1v) is 13.7. The van der Waals surface area contributed by atoms with Crippen LogP contribution in [0.5, 0.6) is 0 Å². The van der Waals surface area contributed by atoms with Crippen molar-refractivity contribution in [1.29, 1.82) is 0 Å². The third-order valence-electron chi connectivity index (χ3n) is 5.43. The summed E-state index contributed by atoms with van der Waals surface area (Å²) >= 11 is 1.16. The fraction of sp³-hybridized carbons (Fsp3) is 0.154. The Balaban J connectivity index is 1.34. The highest BCUT2D eigenvalue weighted by Gasteiger charge is 2.16. The van der Waals surface area contributed by atoms with Gasteiger partial charge in [-0.2, -0.15) is 0 Å². The standard InChI is InChI=1S/C26H25N5O4S2/c1-17-8-12-21(13-9-17)37(34,35)27-15-14-23-30-31-26(36-23)29-25(33)20-11-10-18(2)22(16-20)28-24(32)19-6-4-3-5-7-19/h3-13,16,27H,14-15H2,1-2H3,(H,28,32)(H,29,31,33). The maximum Gasteiger partial charge on any atom is 0.257 e. The van der Waals surface area contributed by atoms with Crippen molar-refractivity contribution in [3.05, 3.63) is 100 Å². The summed E-state index contributed by atoms with van der Waals surface area (Å²) in [6.07, 6.45) is 0.318. The second-order valence-corrected chi connectivity index (χ2v) is 11.1. The van der Waals surface area contributed by atoms with E-state index in [2.05, 4.69) is 25.6 Å². The molecule has 0 unspecified atom stereocenters. The molecule has 0 saturated carbocycles. The molecule has 1 aromatic heterocycles. The molecule has 0 atom stereocenters. The van der Waals surface area contributed by atoms with Crippen molar-refractivity contribution in [3.63, 3.8) is 0 Å². The molecule has 0 aliphatic rings. The van der Waals surface area contributed by atoms with E-state index in [9.17, 15) is 18.0 Å². The first-order valence-electron chi connectivity index (χ1n) is 11.4. The molecule has 9 nitrogen and oxygen atoms in total. The van der Waals surface area contributed by atoms with E-state index in [-0.39, 0.29) is 22.5 Å². The lowest BCUT2D eigenvalue weighted by Gasteiger charge is -2.10. The molecule has 0 fully saturated rings. The molecule has 0 saturated heterocycles. The Morgan fingerprint density at radius 1 is 0.838 bits per heavy atom. The second kappa shape index (κ2) is 11.4. The van der Waals surface area contributed by atoms with Gasteiger partial charge in [0.2, 0.25) is 15.2 Å². The number of aromatic nitrogens is 2. The van der Waals surface area contributed by atoms with E-state index in [0.717, 1.165) is 22.5 Å². The van der Waals surface area contributed by atoms with Crippen LogP contribution in [0.4, 0.5) is 10.8 Å². The van der Waals surface area contributed by atoms with Crippen LogP contribution < -0.4 is 15.4 Å². The molecule has 0 spiro atoms. The summed E-state index contributed by atoms with van der Waals surface area (Å²) in [6, 6.07) is 20.4. The Morgan fingerprint density at radius 2 is 1.54 bits per heavy atom. The lowest BCUT2D eigenvalue weighted by Crippen LogP contribution is -2.25. The highest BCUT2D eigenvalue weighted by atomic mass is 32.2. The van der Waals surface area contributed by atoms with Crippen LogP contribution in [0.3, 0.4) is 0 Å². The number of hydrogen-bond donors (Lipinski definition) is 3. The molecule has 190 valence electrons. The SMILES string of the molecule is Cc1ccc(S(=O)(=O)NCCc2nnc(NC(=O)c3ccc(C)c(NC(=O)c4ccccc4)c3)s2)cc1. The third-order valence-corrected chi connectivity index (χ3v) is 7.81. The number of nitrogens with zero attached hydrogens (tertiary/aromatic N) is 2. The van der Waals surface area contributed by atoms with Gasteiger partial charge in [-0.3, -0.25) is 14.9 Å². The van der Waals surface area contributed by atoms with Gasteiger partial charge in [-0.15, -0.1) is 10.2 Å². The maximum absolute atomic E-state index is 12.8. The van der Waals surface area contributed by atoms with Crippen molar-refractivity contribution < 1.29 is 18.0 Å². The summed E-state index contributed by atoms with van der Waals surface area (Å²) in [7, 11) is -3.62. The third kappa shape index (κ3) is 6.85. The average Bonchev–Trinajstić information content (AvgIpc) is 3.33. The smallest absolute Gasteiger partial charge is 0.257 e. The van der Waals surface area contributed by atoms with Crippen LogP contribution in [0.15, 0.2) is 77.7 Å². The van der Waals surface area contributed by atoms with E-state index in [1.165, 1.54) is 0 Å². The first-order chi connectivity index (χ1) is 17.7. The number of carbonyl (C=O) groups excluding carboxylic acids is 2. The highest BCUT2D eigenvalue weighted by molar-refractivity contribution is 7.89. The van der Waals surface area contributed by atoms with E-state index < -0.39 is 15.9 Å². The summed E-state index contributed by atoms with van der Waals surface area (Å²) in [5.41, 5.74) is 3.17. The molecular weight excluding hydrogens is 510 g/mol. The number of carbonyl (C=O) groups is 2. The van der Waals surface area contributed by atoms with Gasteiger partial charge in [0.25, 0.3) is 11.8 Å². The van der Waals surface area contributed by atoms with Crippen LogP contribution in [-0.2, 0) is 16.4 Å². The Bertz CT molecular complexity index is 1520. The molecule has 3 aromatic carbocycles. The number of sulfonamides is 1. The normalized spacial score (nSPS) is 11.2.